The van der Waals surface area contributed by atoms with Gasteiger partial charge >= 0.3 is 5.63 Å². The monoisotopic (exact) mass is 232 g/mol. The lowest BCUT2D eigenvalue weighted by atomic mass is 10.2. The zero-order chi connectivity index (χ0) is 12.3. The van der Waals surface area contributed by atoms with E-state index >= 15 is 0 Å². The number of para-hydroxylation sites is 1. The zero-order valence-electron chi connectivity index (χ0n) is 10.1. The van der Waals surface area contributed by atoms with Crippen molar-refractivity contribution in [3.05, 3.63) is 40.8 Å². The van der Waals surface area contributed by atoms with Gasteiger partial charge in [0.1, 0.15) is 11.3 Å². The number of hydrogen-bond acceptors (Lipinski definition) is 3. The van der Waals surface area contributed by atoms with E-state index in [9.17, 15) is 4.79 Å². The van der Waals surface area contributed by atoms with Crippen LogP contribution in [0.1, 0.15) is 26.7 Å². The van der Waals surface area contributed by atoms with Crippen LogP contribution < -0.4 is 10.4 Å². The number of benzene rings is 1. The summed E-state index contributed by atoms with van der Waals surface area (Å²) in [5.41, 5.74) is 0.200. The third-order valence-electron chi connectivity index (χ3n) is 2.82. The van der Waals surface area contributed by atoms with Gasteiger partial charge in [0.05, 0.1) is 17.6 Å². The van der Waals surface area contributed by atoms with E-state index in [4.69, 9.17) is 9.15 Å². The first-order valence-electron chi connectivity index (χ1n) is 5.94. The van der Waals surface area contributed by atoms with Crippen LogP contribution in [0.2, 0.25) is 0 Å². The predicted octanol–water partition coefficient (Wildman–Crippen LogP) is 3.36. The Bertz CT molecular complexity index is 553. The SMILES string of the molecule is CCC(CC)Oc1cc(=O)oc2ccccc12. The molecule has 1 aromatic heterocycles. The zero-order valence-corrected chi connectivity index (χ0v) is 10.1. The Kier molecular flexibility index (Phi) is 3.47. The molecule has 1 heterocycles. The Hall–Kier alpha value is -1.77. The van der Waals surface area contributed by atoms with Crippen molar-refractivity contribution in [1.29, 1.82) is 0 Å². The Morgan fingerprint density at radius 3 is 2.65 bits per heavy atom. The van der Waals surface area contributed by atoms with Crippen molar-refractivity contribution >= 4 is 11.0 Å². The van der Waals surface area contributed by atoms with E-state index in [0.29, 0.717) is 11.3 Å². The summed E-state index contributed by atoms with van der Waals surface area (Å²) in [6.07, 6.45) is 1.98. The van der Waals surface area contributed by atoms with Gasteiger partial charge in [-0.25, -0.2) is 4.79 Å². The number of hydrogen-bond donors (Lipinski definition) is 0. The molecule has 0 aliphatic rings. The van der Waals surface area contributed by atoms with Crippen LogP contribution in [0.15, 0.2) is 39.5 Å². The summed E-state index contributed by atoms with van der Waals surface area (Å²) in [5, 5.41) is 0.846. The fourth-order valence-electron chi connectivity index (χ4n) is 1.81. The van der Waals surface area contributed by atoms with E-state index < -0.39 is 0 Å². The third kappa shape index (κ3) is 2.49. The largest absolute Gasteiger partial charge is 0.489 e. The molecule has 0 bridgehead atoms. The van der Waals surface area contributed by atoms with Crippen LogP contribution in [0.3, 0.4) is 0 Å². The molecule has 0 N–H and O–H groups in total. The molecule has 2 aromatic rings. The van der Waals surface area contributed by atoms with Gasteiger partial charge in [0, 0.05) is 0 Å². The Balaban J connectivity index is 2.48. The summed E-state index contributed by atoms with van der Waals surface area (Å²) >= 11 is 0. The van der Waals surface area contributed by atoms with Crippen molar-refractivity contribution in [2.45, 2.75) is 32.8 Å². The van der Waals surface area contributed by atoms with Crippen LogP contribution >= 0.6 is 0 Å². The Morgan fingerprint density at radius 2 is 1.94 bits per heavy atom. The molecule has 17 heavy (non-hydrogen) atoms. The average Bonchev–Trinajstić information content (AvgIpc) is 2.35. The van der Waals surface area contributed by atoms with Gasteiger partial charge in [0.2, 0.25) is 0 Å². The summed E-state index contributed by atoms with van der Waals surface area (Å²) in [6.45, 7) is 4.14. The fourth-order valence-corrected chi connectivity index (χ4v) is 1.81. The van der Waals surface area contributed by atoms with Crippen LogP contribution in [-0.2, 0) is 0 Å². The minimum absolute atomic E-state index is 0.139. The summed E-state index contributed by atoms with van der Waals surface area (Å²) in [4.78, 5) is 11.4. The standard InChI is InChI=1S/C14H16O3/c1-3-10(4-2)16-13-9-14(15)17-12-8-6-5-7-11(12)13/h5-10H,3-4H2,1-2H3. The van der Waals surface area contributed by atoms with Crippen LogP contribution in [-0.4, -0.2) is 6.10 Å². The lowest BCUT2D eigenvalue weighted by molar-refractivity contribution is 0.194. The quantitative estimate of drug-likeness (QED) is 0.759. The fraction of sp³-hybridized carbons (Fsp3) is 0.357. The minimum atomic E-state index is -0.371. The molecule has 0 fully saturated rings. The summed E-state index contributed by atoms with van der Waals surface area (Å²) in [7, 11) is 0. The minimum Gasteiger partial charge on any atom is -0.489 e. The first-order chi connectivity index (χ1) is 8.24. The number of rotatable bonds is 4. The molecule has 0 saturated heterocycles. The maximum atomic E-state index is 11.4. The van der Waals surface area contributed by atoms with E-state index in [0.717, 1.165) is 18.2 Å². The smallest absolute Gasteiger partial charge is 0.339 e. The highest BCUT2D eigenvalue weighted by Crippen LogP contribution is 2.25. The number of ether oxygens (including phenoxy) is 1. The van der Waals surface area contributed by atoms with Crippen LogP contribution in [0, 0.1) is 0 Å². The topological polar surface area (TPSA) is 39.4 Å². The van der Waals surface area contributed by atoms with Gasteiger partial charge in [-0.1, -0.05) is 26.0 Å². The van der Waals surface area contributed by atoms with Gasteiger partial charge in [-0.05, 0) is 25.0 Å². The van der Waals surface area contributed by atoms with Crippen LogP contribution in [0.25, 0.3) is 11.0 Å². The van der Waals surface area contributed by atoms with Gasteiger partial charge in [-0.2, -0.15) is 0 Å². The van der Waals surface area contributed by atoms with Crippen molar-refractivity contribution < 1.29 is 9.15 Å². The van der Waals surface area contributed by atoms with E-state index in [1.54, 1.807) is 6.07 Å². The van der Waals surface area contributed by atoms with E-state index in [-0.39, 0.29) is 11.7 Å². The maximum absolute atomic E-state index is 11.4. The van der Waals surface area contributed by atoms with Crippen LogP contribution in [0.5, 0.6) is 5.75 Å². The third-order valence-corrected chi connectivity index (χ3v) is 2.82. The molecule has 1 aromatic carbocycles. The summed E-state index contributed by atoms with van der Waals surface area (Å²) in [5.74, 6) is 0.616. The second-order valence-corrected chi connectivity index (χ2v) is 3.98. The predicted molar refractivity (Wildman–Crippen MR) is 67.5 cm³/mol. The highest BCUT2D eigenvalue weighted by molar-refractivity contribution is 5.82. The second-order valence-electron chi connectivity index (χ2n) is 3.98. The van der Waals surface area contributed by atoms with Crippen molar-refractivity contribution in [3.8, 4) is 5.75 Å². The summed E-state index contributed by atoms with van der Waals surface area (Å²) in [6, 6.07) is 8.83. The van der Waals surface area contributed by atoms with E-state index in [1.165, 1.54) is 6.07 Å². The first-order valence-corrected chi connectivity index (χ1v) is 5.94. The van der Waals surface area contributed by atoms with E-state index in [2.05, 4.69) is 13.8 Å². The van der Waals surface area contributed by atoms with Crippen molar-refractivity contribution in [2.24, 2.45) is 0 Å². The molecule has 2 rings (SSSR count). The van der Waals surface area contributed by atoms with Gasteiger partial charge in [0.15, 0.2) is 0 Å². The molecule has 90 valence electrons. The molecule has 0 saturated carbocycles. The van der Waals surface area contributed by atoms with Crippen LogP contribution in [0.4, 0.5) is 0 Å². The molecule has 0 unspecified atom stereocenters. The molecular weight excluding hydrogens is 216 g/mol. The highest BCUT2D eigenvalue weighted by Gasteiger charge is 2.10. The highest BCUT2D eigenvalue weighted by atomic mass is 16.5. The van der Waals surface area contributed by atoms with Crippen molar-refractivity contribution in [1.82, 2.24) is 0 Å². The Labute approximate surface area is 100 Å². The Morgan fingerprint density at radius 1 is 1.24 bits per heavy atom. The molecule has 3 nitrogen and oxygen atoms in total. The molecule has 0 atom stereocenters. The summed E-state index contributed by atoms with van der Waals surface area (Å²) < 4.78 is 11.0. The second kappa shape index (κ2) is 5.04. The molecule has 0 amide bonds. The molecular formula is C14H16O3. The lowest BCUT2D eigenvalue weighted by Gasteiger charge is -2.16. The first kappa shape index (κ1) is 11.7. The molecule has 3 heteroatoms. The molecule has 0 aliphatic carbocycles. The lowest BCUT2D eigenvalue weighted by Crippen LogP contribution is -2.15. The van der Waals surface area contributed by atoms with Gasteiger partial charge in [-0.15, -0.1) is 0 Å². The van der Waals surface area contributed by atoms with Gasteiger partial charge < -0.3 is 9.15 Å². The molecule has 0 spiro atoms. The van der Waals surface area contributed by atoms with Gasteiger partial charge in [-0.3, -0.25) is 0 Å². The van der Waals surface area contributed by atoms with Crippen molar-refractivity contribution in [3.63, 3.8) is 0 Å². The molecule has 0 aliphatic heterocycles. The van der Waals surface area contributed by atoms with Gasteiger partial charge in [0.25, 0.3) is 0 Å². The maximum Gasteiger partial charge on any atom is 0.339 e. The average molecular weight is 232 g/mol. The van der Waals surface area contributed by atoms with Crippen molar-refractivity contribution in [2.75, 3.05) is 0 Å². The normalized spacial score (nSPS) is 11.0. The van der Waals surface area contributed by atoms with E-state index in [1.807, 2.05) is 18.2 Å². The number of fused-ring (bicyclic) bond motifs is 1. The molecule has 0 radical (unpaired) electrons.